The summed E-state index contributed by atoms with van der Waals surface area (Å²) in [5.41, 5.74) is -0.751. The zero-order valence-electron chi connectivity index (χ0n) is 19.4. The molecule has 1 heterocycles. The van der Waals surface area contributed by atoms with Crippen LogP contribution in [0.25, 0.3) is 0 Å². The maximum Gasteiger partial charge on any atom is 0.310 e. The van der Waals surface area contributed by atoms with Crippen molar-refractivity contribution < 1.29 is 58.3 Å². The highest BCUT2D eigenvalue weighted by atomic mass is 32.5. The Kier molecular flexibility index (Phi) is 5.32. The van der Waals surface area contributed by atoms with E-state index in [1.54, 1.807) is 0 Å². The Bertz CT molecular complexity index is 1570. The fraction of sp³-hybridized carbons (Fsp3) is 0.0952. The summed E-state index contributed by atoms with van der Waals surface area (Å²) in [5.74, 6) is -0.373. The van der Waals surface area contributed by atoms with E-state index in [-0.39, 0.29) is 58.9 Å². The number of hydrogen-bond donors (Lipinski definition) is 1. The highest BCUT2D eigenvalue weighted by Gasteiger charge is 2.67. The average Bonchev–Trinajstić information content (AvgIpc) is 3.20. The Morgan fingerprint density at radius 2 is 0.756 bits per heavy atom. The number of aliphatic imine (C=N–C) groups is 1. The van der Waals surface area contributed by atoms with Gasteiger partial charge in [-0.1, -0.05) is 82.6 Å². The van der Waals surface area contributed by atoms with Gasteiger partial charge in [0.05, 0.1) is 6.04 Å². The fourth-order valence-electron chi connectivity index (χ4n) is 3.89. The van der Waals surface area contributed by atoms with E-state index in [2.05, 4.69) is 10.3 Å². The maximum atomic E-state index is 13.1. The topological polar surface area (TPSA) is 24.4 Å². The van der Waals surface area contributed by atoms with Crippen molar-refractivity contribution in [3.05, 3.63) is 89.5 Å². The smallest absolute Gasteiger partial charge is 0.310 e. The van der Waals surface area contributed by atoms with Crippen LogP contribution in [-0.2, 0) is 0 Å². The van der Waals surface area contributed by atoms with E-state index in [1.807, 2.05) is 0 Å². The van der Waals surface area contributed by atoms with E-state index < -0.39 is 57.4 Å². The monoisotopic (exact) mass is 676 g/mol. The second-order valence-electron chi connectivity index (χ2n) is 9.11. The third-order valence-electron chi connectivity index (χ3n) is 5.80. The molecule has 0 spiro atoms. The summed E-state index contributed by atoms with van der Waals surface area (Å²) in [4.78, 5) is -2.77. The van der Waals surface area contributed by atoms with Crippen molar-refractivity contribution in [2.24, 2.45) is 4.99 Å². The number of halogens is 15. The predicted octanol–water partition coefficient (Wildman–Crippen LogP) is 12.5. The molecule has 20 heteroatoms. The van der Waals surface area contributed by atoms with Gasteiger partial charge in [0.25, 0.3) is 0 Å². The minimum Gasteiger partial charge on any atom is -0.361 e. The van der Waals surface area contributed by atoms with Crippen molar-refractivity contribution in [1.82, 2.24) is 5.32 Å². The molecule has 0 unspecified atom stereocenters. The van der Waals surface area contributed by atoms with Gasteiger partial charge in [-0.05, 0) is 59.7 Å². The van der Waals surface area contributed by atoms with Crippen molar-refractivity contribution in [2.45, 2.75) is 26.8 Å². The number of hydrogen-bond acceptors (Lipinski definition) is 2. The van der Waals surface area contributed by atoms with E-state index in [9.17, 15) is 58.3 Å². The SMILES string of the molecule is FS(F)(F)(F)(F)c1ccc(C2=N[C@H](c3ccc(S(F)(F)(F)(F)F)cc3)[C@H](c3ccc(S(F)(F)(F)(F)F)cc3)N2)cc1. The molecule has 0 amide bonds. The number of nitrogens with one attached hydrogen (secondary N) is 1. The van der Waals surface area contributed by atoms with E-state index in [1.165, 1.54) is 0 Å². The normalized spacial score (nSPS) is 23.5. The summed E-state index contributed by atoms with van der Waals surface area (Å²) in [5, 5.41) is 2.56. The standard InChI is InChI=1S/C21H15F15N2S3/c22-39(23,24,25,26)16-7-1-13(2-8-16)19-20(14-3-9-17(10-4-14)40(27,28,29,30)31)38-21(37-19)15-5-11-18(12-6-15)41(32,33,34,35)36/h1-12,19-20H,(H,37,38)/t19-,20+. The second-order valence-corrected chi connectivity index (χ2v) is 16.3. The molecule has 1 aliphatic heterocycles. The van der Waals surface area contributed by atoms with Crippen molar-refractivity contribution in [3.8, 4) is 0 Å². The van der Waals surface area contributed by atoms with Crippen molar-refractivity contribution in [2.75, 3.05) is 0 Å². The van der Waals surface area contributed by atoms with Crippen molar-refractivity contribution >= 4 is 36.5 Å². The Hall–Kier alpha value is -2.87. The molecule has 0 bridgehead atoms. The van der Waals surface area contributed by atoms with Gasteiger partial charge in [0.1, 0.15) is 26.6 Å². The zero-order valence-corrected chi connectivity index (χ0v) is 21.9. The molecule has 232 valence electrons. The summed E-state index contributed by atoms with van der Waals surface area (Å²) in [7, 11) is -30.3. The van der Waals surface area contributed by atoms with Gasteiger partial charge in [0.15, 0.2) is 0 Å². The molecule has 0 saturated carbocycles. The molecule has 1 N–H and O–H groups in total. The quantitative estimate of drug-likeness (QED) is 0.258. The number of rotatable bonds is 6. The molecule has 0 radical (unpaired) electrons. The van der Waals surface area contributed by atoms with E-state index in [0.29, 0.717) is 36.4 Å². The van der Waals surface area contributed by atoms with Gasteiger partial charge in [0.2, 0.25) is 0 Å². The van der Waals surface area contributed by atoms with Crippen molar-refractivity contribution in [1.29, 1.82) is 0 Å². The molecule has 1 aliphatic rings. The average molecular weight is 677 g/mol. The van der Waals surface area contributed by atoms with Gasteiger partial charge < -0.3 is 5.32 Å². The lowest BCUT2D eigenvalue weighted by Crippen LogP contribution is -2.25. The second kappa shape index (κ2) is 7.01. The number of amidine groups is 1. The van der Waals surface area contributed by atoms with Gasteiger partial charge in [0, 0.05) is 5.56 Å². The van der Waals surface area contributed by atoms with Crippen LogP contribution in [0.5, 0.6) is 0 Å². The van der Waals surface area contributed by atoms with Gasteiger partial charge in [-0.25, -0.2) is 0 Å². The molecule has 2 nitrogen and oxygen atoms in total. The lowest BCUT2D eigenvalue weighted by Gasteiger charge is -2.40. The van der Waals surface area contributed by atoms with Crippen LogP contribution < -0.4 is 5.32 Å². The summed E-state index contributed by atoms with van der Waals surface area (Å²) in [6.45, 7) is 0. The first-order valence-electron chi connectivity index (χ1n) is 10.6. The molecule has 0 aromatic heterocycles. The molecule has 0 saturated heterocycles. The third-order valence-corrected chi connectivity index (χ3v) is 9.29. The fourth-order valence-corrected chi connectivity index (χ4v) is 5.84. The molecular weight excluding hydrogens is 661 g/mol. The maximum absolute atomic E-state index is 13.1. The first kappa shape index (κ1) is 31.1. The number of benzene rings is 3. The van der Waals surface area contributed by atoms with E-state index in [4.69, 9.17) is 0 Å². The Morgan fingerprint density at radius 3 is 1.10 bits per heavy atom. The molecular formula is C21H15F15N2S3. The van der Waals surface area contributed by atoms with Crippen LogP contribution in [0.15, 0.2) is 92.5 Å². The van der Waals surface area contributed by atoms with Crippen molar-refractivity contribution in [3.63, 3.8) is 0 Å². The van der Waals surface area contributed by atoms with Crippen LogP contribution >= 0.6 is 30.7 Å². The number of nitrogens with zero attached hydrogens (tertiary/aromatic N) is 1. The summed E-state index contributed by atoms with van der Waals surface area (Å²) in [6, 6.07) is 0.725. The predicted molar refractivity (Wildman–Crippen MR) is 129 cm³/mol. The highest BCUT2D eigenvalue weighted by molar-refractivity contribution is 8.46. The highest BCUT2D eigenvalue weighted by Crippen LogP contribution is 3.03. The zero-order chi connectivity index (χ0) is 31.3. The minimum absolute atomic E-state index is 0.0160. The van der Waals surface area contributed by atoms with Gasteiger partial charge in [-0.2, -0.15) is 0 Å². The van der Waals surface area contributed by atoms with Crippen LogP contribution in [0.1, 0.15) is 28.8 Å². The lowest BCUT2D eigenvalue weighted by atomic mass is 9.95. The Balaban J connectivity index is 1.78. The largest absolute Gasteiger partial charge is 0.361 e. The van der Waals surface area contributed by atoms with Crippen LogP contribution in [0.3, 0.4) is 0 Å². The van der Waals surface area contributed by atoms with E-state index >= 15 is 0 Å². The van der Waals surface area contributed by atoms with Crippen LogP contribution in [-0.4, -0.2) is 5.84 Å². The molecule has 0 aliphatic carbocycles. The van der Waals surface area contributed by atoms with Gasteiger partial charge in [-0.3, -0.25) is 4.99 Å². The minimum atomic E-state index is -10.1. The molecule has 4 rings (SSSR count). The van der Waals surface area contributed by atoms with Gasteiger partial charge >= 0.3 is 30.7 Å². The molecule has 2 atom stereocenters. The first-order valence-corrected chi connectivity index (χ1v) is 16.4. The Morgan fingerprint density at radius 1 is 0.439 bits per heavy atom. The molecule has 41 heavy (non-hydrogen) atoms. The first-order chi connectivity index (χ1) is 17.7. The van der Waals surface area contributed by atoms with Crippen LogP contribution in [0.4, 0.5) is 58.3 Å². The molecule has 3 aromatic carbocycles. The van der Waals surface area contributed by atoms with Crippen LogP contribution in [0.2, 0.25) is 0 Å². The van der Waals surface area contributed by atoms with Gasteiger partial charge in [-0.15, -0.1) is 0 Å². The summed E-state index contributed by atoms with van der Waals surface area (Å²) in [6.07, 6.45) is 0. The summed E-state index contributed by atoms with van der Waals surface area (Å²) < 4.78 is 197. The lowest BCUT2D eigenvalue weighted by molar-refractivity contribution is 0.360. The molecule has 3 aromatic rings. The Labute approximate surface area is 221 Å². The van der Waals surface area contributed by atoms with E-state index in [0.717, 1.165) is 0 Å². The third kappa shape index (κ3) is 6.96. The summed E-state index contributed by atoms with van der Waals surface area (Å²) >= 11 is 0. The molecule has 0 fully saturated rings. The van der Waals surface area contributed by atoms with Crippen LogP contribution in [0, 0.1) is 0 Å².